The van der Waals surface area contributed by atoms with Gasteiger partial charge in [0.25, 0.3) is 0 Å². The highest BCUT2D eigenvalue weighted by Crippen LogP contribution is 2.43. The lowest BCUT2D eigenvalue weighted by Crippen LogP contribution is -2.38. The van der Waals surface area contributed by atoms with E-state index in [1.165, 1.54) is 31.2 Å². The highest BCUT2D eigenvalue weighted by molar-refractivity contribution is 6.30. The van der Waals surface area contributed by atoms with Crippen molar-refractivity contribution in [2.75, 3.05) is 6.54 Å². The summed E-state index contributed by atoms with van der Waals surface area (Å²) in [6, 6.07) is 9.00. The first-order valence-corrected chi connectivity index (χ1v) is 8.71. The Bertz CT molecular complexity index is 433. The summed E-state index contributed by atoms with van der Waals surface area (Å²) in [4.78, 5) is 0. The van der Waals surface area contributed by atoms with Gasteiger partial charge < -0.3 is 5.32 Å². The molecule has 1 N–H and O–H groups in total. The molecule has 2 unspecified atom stereocenters. The molecule has 1 aliphatic rings. The molecule has 0 aliphatic heterocycles. The van der Waals surface area contributed by atoms with Crippen LogP contribution in [0.3, 0.4) is 0 Å². The number of hydrogen-bond donors (Lipinski definition) is 1. The topological polar surface area (TPSA) is 12.0 Å². The van der Waals surface area contributed by atoms with E-state index >= 15 is 0 Å². The highest BCUT2D eigenvalue weighted by atomic mass is 35.5. The van der Waals surface area contributed by atoms with Crippen molar-refractivity contribution >= 4 is 11.6 Å². The molecule has 1 aliphatic carbocycles. The van der Waals surface area contributed by atoms with Crippen molar-refractivity contribution in [2.24, 2.45) is 17.3 Å². The summed E-state index contributed by atoms with van der Waals surface area (Å²) in [6.07, 6.45) is 5.23. The van der Waals surface area contributed by atoms with Crippen LogP contribution in [0.1, 0.15) is 52.5 Å². The van der Waals surface area contributed by atoms with E-state index in [0.717, 1.165) is 23.4 Å². The second kappa shape index (κ2) is 7.15. The van der Waals surface area contributed by atoms with Crippen molar-refractivity contribution in [2.45, 2.75) is 59.4 Å². The van der Waals surface area contributed by atoms with Gasteiger partial charge in [0, 0.05) is 11.1 Å². The van der Waals surface area contributed by atoms with Crippen molar-refractivity contribution in [1.82, 2.24) is 5.32 Å². The fraction of sp³-hybridized carbons (Fsp3) is 0.684. The van der Waals surface area contributed by atoms with Crippen molar-refractivity contribution in [3.8, 4) is 0 Å². The summed E-state index contributed by atoms with van der Waals surface area (Å²) < 4.78 is 0. The van der Waals surface area contributed by atoms with Gasteiger partial charge in [0.15, 0.2) is 0 Å². The molecule has 1 nitrogen and oxygen atoms in total. The molecule has 2 heteroatoms. The third kappa shape index (κ3) is 5.30. The van der Waals surface area contributed by atoms with Crippen LogP contribution in [0.15, 0.2) is 24.3 Å². The number of nitrogens with one attached hydrogen (secondary N) is 1. The van der Waals surface area contributed by atoms with Crippen LogP contribution in [0.2, 0.25) is 5.02 Å². The zero-order valence-corrected chi connectivity index (χ0v) is 14.7. The van der Waals surface area contributed by atoms with Crippen LogP contribution in [0, 0.1) is 17.3 Å². The van der Waals surface area contributed by atoms with Crippen LogP contribution in [0.4, 0.5) is 0 Å². The van der Waals surface area contributed by atoms with Crippen LogP contribution in [-0.4, -0.2) is 12.6 Å². The van der Waals surface area contributed by atoms with Crippen LogP contribution >= 0.6 is 11.6 Å². The Morgan fingerprint density at radius 3 is 2.48 bits per heavy atom. The molecule has 1 fully saturated rings. The highest BCUT2D eigenvalue weighted by Gasteiger charge is 2.34. The molecule has 0 bridgehead atoms. The van der Waals surface area contributed by atoms with Gasteiger partial charge >= 0.3 is 0 Å². The van der Waals surface area contributed by atoms with Crippen molar-refractivity contribution < 1.29 is 0 Å². The van der Waals surface area contributed by atoms with Crippen molar-refractivity contribution in [3.63, 3.8) is 0 Å². The molecule has 0 spiro atoms. The Labute approximate surface area is 135 Å². The third-order valence-electron chi connectivity index (χ3n) is 4.87. The maximum absolute atomic E-state index is 6.00. The number of hydrogen-bond acceptors (Lipinski definition) is 1. The first kappa shape index (κ1) is 16.8. The van der Waals surface area contributed by atoms with Gasteiger partial charge in [-0.05, 0) is 67.2 Å². The zero-order valence-electron chi connectivity index (χ0n) is 14.0. The van der Waals surface area contributed by atoms with Gasteiger partial charge in [-0.2, -0.15) is 0 Å². The van der Waals surface area contributed by atoms with Gasteiger partial charge in [-0.25, -0.2) is 0 Å². The smallest absolute Gasteiger partial charge is 0.0406 e. The molecule has 0 amide bonds. The lowest BCUT2D eigenvalue weighted by atomic mass is 9.65. The summed E-state index contributed by atoms with van der Waals surface area (Å²) >= 11 is 6.00. The summed E-state index contributed by atoms with van der Waals surface area (Å²) in [5.74, 6) is 1.58. The summed E-state index contributed by atoms with van der Waals surface area (Å²) in [5, 5.41) is 4.48. The SMILES string of the molecule is CC(C)NCC1CCC(C)(C)CC1Cc1ccc(Cl)cc1. The molecule has 2 atom stereocenters. The molecule has 118 valence electrons. The van der Waals surface area contributed by atoms with Crippen LogP contribution in [0.5, 0.6) is 0 Å². The van der Waals surface area contributed by atoms with E-state index in [1.807, 2.05) is 12.1 Å². The summed E-state index contributed by atoms with van der Waals surface area (Å²) in [5.41, 5.74) is 1.92. The molecular formula is C19H30ClN. The lowest BCUT2D eigenvalue weighted by Gasteiger charge is -2.41. The number of rotatable bonds is 5. The number of benzene rings is 1. The van der Waals surface area contributed by atoms with Gasteiger partial charge in [-0.3, -0.25) is 0 Å². The fourth-order valence-electron chi connectivity index (χ4n) is 3.61. The Hall–Kier alpha value is -0.530. The van der Waals surface area contributed by atoms with Crippen molar-refractivity contribution in [1.29, 1.82) is 0 Å². The Morgan fingerprint density at radius 1 is 1.19 bits per heavy atom. The first-order chi connectivity index (χ1) is 9.85. The summed E-state index contributed by atoms with van der Waals surface area (Å²) in [7, 11) is 0. The summed E-state index contributed by atoms with van der Waals surface area (Å²) in [6.45, 7) is 10.5. The van der Waals surface area contributed by atoms with Crippen LogP contribution in [0.25, 0.3) is 0 Å². The van der Waals surface area contributed by atoms with Crippen molar-refractivity contribution in [3.05, 3.63) is 34.9 Å². The van der Waals surface area contributed by atoms with E-state index in [4.69, 9.17) is 11.6 Å². The molecule has 0 radical (unpaired) electrons. The van der Waals surface area contributed by atoms with Crippen LogP contribution < -0.4 is 5.32 Å². The molecular weight excluding hydrogens is 278 g/mol. The normalized spacial score (nSPS) is 25.2. The predicted octanol–water partition coefficient (Wildman–Crippen LogP) is 5.32. The average Bonchev–Trinajstić information content (AvgIpc) is 2.39. The maximum atomic E-state index is 6.00. The second-order valence-corrected chi connectivity index (χ2v) is 8.26. The fourth-order valence-corrected chi connectivity index (χ4v) is 3.73. The molecule has 0 saturated heterocycles. The third-order valence-corrected chi connectivity index (χ3v) is 5.12. The van der Waals surface area contributed by atoms with Gasteiger partial charge in [-0.1, -0.05) is 51.4 Å². The van der Waals surface area contributed by atoms with Gasteiger partial charge in [0.05, 0.1) is 0 Å². The van der Waals surface area contributed by atoms with E-state index in [0.29, 0.717) is 11.5 Å². The largest absolute Gasteiger partial charge is 0.314 e. The Balaban J connectivity index is 2.03. The zero-order chi connectivity index (χ0) is 15.5. The molecule has 1 saturated carbocycles. The molecule has 2 rings (SSSR count). The molecule has 0 aromatic heterocycles. The maximum Gasteiger partial charge on any atom is 0.0406 e. The van der Waals surface area contributed by atoms with Gasteiger partial charge in [0.2, 0.25) is 0 Å². The van der Waals surface area contributed by atoms with E-state index in [-0.39, 0.29) is 0 Å². The second-order valence-electron chi connectivity index (χ2n) is 7.82. The molecule has 1 aromatic rings. The van der Waals surface area contributed by atoms with E-state index in [2.05, 4.69) is 45.1 Å². The quantitative estimate of drug-likeness (QED) is 0.776. The molecule has 1 aromatic carbocycles. The van der Waals surface area contributed by atoms with E-state index in [1.54, 1.807) is 0 Å². The van der Waals surface area contributed by atoms with E-state index < -0.39 is 0 Å². The Kier molecular flexibility index (Phi) is 5.73. The first-order valence-electron chi connectivity index (χ1n) is 8.33. The minimum Gasteiger partial charge on any atom is -0.314 e. The average molecular weight is 308 g/mol. The Morgan fingerprint density at radius 2 is 1.86 bits per heavy atom. The lowest BCUT2D eigenvalue weighted by molar-refractivity contribution is 0.114. The minimum atomic E-state index is 0.491. The van der Waals surface area contributed by atoms with E-state index in [9.17, 15) is 0 Å². The molecule has 21 heavy (non-hydrogen) atoms. The molecule has 0 heterocycles. The monoisotopic (exact) mass is 307 g/mol. The standard InChI is InChI=1S/C19H30ClN/c1-14(2)21-13-16-9-10-19(3,4)12-17(16)11-15-5-7-18(20)8-6-15/h5-8,14,16-17,21H,9-13H2,1-4H3. The van der Waals surface area contributed by atoms with Crippen LogP contribution in [-0.2, 0) is 6.42 Å². The van der Waals surface area contributed by atoms with Gasteiger partial charge in [0.1, 0.15) is 0 Å². The predicted molar refractivity (Wildman–Crippen MR) is 92.9 cm³/mol. The number of halogens is 1. The minimum absolute atomic E-state index is 0.491. The van der Waals surface area contributed by atoms with Gasteiger partial charge in [-0.15, -0.1) is 0 Å².